The van der Waals surface area contributed by atoms with Gasteiger partial charge in [-0.25, -0.2) is 4.68 Å². The van der Waals surface area contributed by atoms with E-state index in [1.165, 1.54) is 6.07 Å². The normalized spacial score (nSPS) is 16.4. The zero-order valence-electron chi connectivity index (χ0n) is 15.6. The molecule has 7 heteroatoms. The molecule has 1 saturated heterocycles. The van der Waals surface area contributed by atoms with E-state index in [1.54, 1.807) is 29.2 Å². The molecule has 2 aromatic heterocycles. The molecule has 2 aromatic carbocycles. The number of carbonyl (C=O) groups excluding carboxylic acids is 1. The Morgan fingerprint density at radius 2 is 1.86 bits per heavy atom. The van der Waals surface area contributed by atoms with Crippen LogP contribution in [0.15, 0.2) is 76.1 Å². The number of benzene rings is 2. The van der Waals surface area contributed by atoms with E-state index in [9.17, 15) is 9.59 Å². The molecule has 0 bridgehead atoms. The summed E-state index contributed by atoms with van der Waals surface area (Å²) in [5, 5.41) is 8.98. The number of hydrogen-bond donors (Lipinski definition) is 0. The van der Waals surface area contributed by atoms with Gasteiger partial charge in [-0.1, -0.05) is 47.7 Å². The fourth-order valence-corrected chi connectivity index (χ4v) is 3.70. The van der Waals surface area contributed by atoms with Crippen molar-refractivity contribution in [3.8, 4) is 11.3 Å². The van der Waals surface area contributed by atoms with Gasteiger partial charge in [0.15, 0.2) is 11.2 Å². The van der Waals surface area contributed by atoms with Crippen LogP contribution in [0.5, 0.6) is 0 Å². The topological polar surface area (TPSA) is 81.2 Å². The lowest BCUT2D eigenvalue weighted by Crippen LogP contribution is -2.29. The molecular weight excluding hydrogens is 368 g/mol. The monoisotopic (exact) mass is 386 g/mol. The fraction of sp³-hybridized carbons (Fsp3) is 0.182. The molecule has 144 valence electrons. The van der Waals surface area contributed by atoms with E-state index in [-0.39, 0.29) is 23.1 Å². The van der Waals surface area contributed by atoms with Crippen LogP contribution >= 0.6 is 0 Å². The van der Waals surface area contributed by atoms with E-state index in [4.69, 9.17) is 4.42 Å². The lowest BCUT2D eigenvalue weighted by molar-refractivity contribution is 0.0756. The molecule has 7 nitrogen and oxygen atoms in total. The van der Waals surface area contributed by atoms with Gasteiger partial charge in [0.1, 0.15) is 11.3 Å². The number of carbonyl (C=O) groups is 1. The van der Waals surface area contributed by atoms with Gasteiger partial charge in [-0.15, -0.1) is 5.10 Å². The van der Waals surface area contributed by atoms with Crippen LogP contribution in [-0.2, 0) is 0 Å². The maximum Gasteiger partial charge on any atom is 0.289 e. The third-order valence-electron chi connectivity index (χ3n) is 5.25. The number of aromatic nitrogens is 3. The molecule has 0 radical (unpaired) electrons. The minimum atomic E-state index is -0.279. The van der Waals surface area contributed by atoms with Crippen molar-refractivity contribution >= 4 is 16.9 Å². The van der Waals surface area contributed by atoms with Crippen molar-refractivity contribution in [1.29, 1.82) is 0 Å². The van der Waals surface area contributed by atoms with Gasteiger partial charge in [0.2, 0.25) is 0 Å². The van der Waals surface area contributed by atoms with Crippen molar-refractivity contribution in [1.82, 2.24) is 19.9 Å². The number of para-hydroxylation sites is 1. The quantitative estimate of drug-likeness (QED) is 0.540. The van der Waals surface area contributed by atoms with Crippen LogP contribution < -0.4 is 5.43 Å². The molecule has 1 atom stereocenters. The number of fused-ring (bicyclic) bond motifs is 1. The number of nitrogens with zero attached hydrogens (tertiary/aromatic N) is 4. The van der Waals surface area contributed by atoms with Crippen LogP contribution in [0.25, 0.3) is 22.2 Å². The first-order valence-electron chi connectivity index (χ1n) is 9.48. The Labute approximate surface area is 166 Å². The molecule has 0 aliphatic carbocycles. The molecular formula is C22H18N4O3. The molecule has 1 aliphatic heterocycles. The van der Waals surface area contributed by atoms with Crippen molar-refractivity contribution < 1.29 is 9.21 Å². The predicted molar refractivity (Wildman–Crippen MR) is 107 cm³/mol. The van der Waals surface area contributed by atoms with Crippen LogP contribution in [0.4, 0.5) is 0 Å². The summed E-state index contributed by atoms with van der Waals surface area (Å²) in [5.41, 5.74) is 2.01. The molecule has 0 N–H and O–H groups in total. The highest BCUT2D eigenvalue weighted by Gasteiger charge is 2.30. The van der Waals surface area contributed by atoms with Crippen LogP contribution in [0.1, 0.15) is 23.0 Å². The van der Waals surface area contributed by atoms with Gasteiger partial charge < -0.3 is 9.32 Å². The number of likely N-dealkylation sites (tertiary alicyclic amines) is 1. The van der Waals surface area contributed by atoms with Gasteiger partial charge in [0.25, 0.3) is 5.91 Å². The third kappa shape index (κ3) is 3.20. The molecule has 1 fully saturated rings. The first kappa shape index (κ1) is 17.4. The van der Waals surface area contributed by atoms with Crippen molar-refractivity contribution in [2.24, 2.45) is 0 Å². The Balaban J connectivity index is 1.35. The maximum atomic E-state index is 12.9. The summed E-state index contributed by atoms with van der Waals surface area (Å²) in [7, 11) is 0. The molecule has 0 spiro atoms. The van der Waals surface area contributed by atoms with Gasteiger partial charge in [-0.3, -0.25) is 9.59 Å². The van der Waals surface area contributed by atoms with E-state index in [0.717, 1.165) is 17.7 Å². The van der Waals surface area contributed by atoms with Crippen LogP contribution in [0, 0.1) is 0 Å². The zero-order chi connectivity index (χ0) is 19.8. The SMILES string of the molecule is O=C(c1cc(=O)c2ccccc2o1)N1CC[C@H](n2cc(-c3ccccc3)nn2)C1. The minimum Gasteiger partial charge on any atom is -0.451 e. The summed E-state index contributed by atoms with van der Waals surface area (Å²) in [5.74, 6) is -0.211. The molecule has 5 rings (SSSR count). The second kappa shape index (κ2) is 7.01. The van der Waals surface area contributed by atoms with Gasteiger partial charge in [-0.05, 0) is 18.6 Å². The Morgan fingerprint density at radius 3 is 2.72 bits per heavy atom. The molecule has 4 aromatic rings. The van der Waals surface area contributed by atoms with E-state index >= 15 is 0 Å². The van der Waals surface area contributed by atoms with E-state index in [0.29, 0.717) is 24.1 Å². The van der Waals surface area contributed by atoms with Gasteiger partial charge >= 0.3 is 0 Å². The van der Waals surface area contributed by atoms with Crippen molar-refractivity contribution in [2.45, 2.75) is 12.5 Å². The highest BCUT2D eigenvalue weighted by molar-refractivity contribution is 5.93. The Morgan fingerprint density at radius 1 is 1.07 bits per heavy atom. The van der Waals surface area contributed by atoms with Crippen molar-refractivity contribution in [3.63, 3.8) is 0 Å². The largest absolute Gasteiger partial charge is 0.451 e. The fourth-order valence-electron chi connectivity index (χ4n) is 3.70. The molecule has 1 amide bonds. The first-order chi connectivity index (χ1) is 14.2. The van der Waals surface area contributed by atoms with Crippen LogP contribution in [0.2, 0.25) is 0 Å². The average Bonchev–Trinajstić information content (AvgIpc) is 3.44. The van der Waals surface area contributed by atoms with Gasteiger partial charge in [0.05, 0.1) is 17.6 Å². The summed E-state index contributed by atoms with van der Waals surface area (Å²) in [6, 6.07) is 18.1. The van der Waals surface area contributed by atoms with E-state index in [2.05, 4.69) is 10.3 Å². The lowest BCUT2D eigenvalue weighted by Gasteiger charge is -2.15. The van der Waals surface area contributed by atoms with Crippen molar-refractivity contribution in [2.75, 3.05) is 13.1 Å². The lowest BCUT2D eigenvalue weighted by atomic mass is 10.2. The summed E-state index contributed by atoms with van der Waals surface area (Å²) in [6.45, 7) is 1.06. The molecule has 29 heavy (non-hydrogen) atoms. The highest BCUT2D eigenvalue weighted by Crippen LogP contribution is 2.25. The first-order valence-corrected chi connectivity index (χ1v) is 9.48. The third-order valence-corrected chi connectivity index (χ3v) is 5.25. The number of amides is 1. The van der Waals surface area contributed by atoms with Gasteiger partial charge in [0, 0.05) is 24.7 Å². The molecule has 3 heterocycles. The van der Waals surface area contributed by atoms with Gasteiger partial charge in [-0.2, -0.15) is 0 Å². The zero-order valence-corrected chi connectivity index (χ0v) is 15.6. The maximum absolute atomic E-state index is 12.9. The summed E-state index contributed by atoms with van der Waals surface area (Å²) in [6.07, 6.45) is 2.67. The highest BCUT2D eigenvalue weighted by atomic mass is 16.3. The Kier molecular flexibility index (Phi) is 4.20. The minimum absolute atomic E-state index is 0.0380. The Bertz CT molecular complexity index is 1250. The van der Waals surface area contributed by atoms with E-state index < -0.39 is 0 Å². The second-order valence-electron chi connectivity index (χ2n) is 7.11. The molecule has 0 saturated carbocycles. The Hall–Kier alpha value is -3.74. The van der Waals surface area contributed by atoms with E-state index in [1.807, 2.05) is 41.2 Å². The summed E-state index contributed by atoms with van der Waals surface area (Å²) >= 11 is 0. The van der Waals surface area contributed by atoms with Crippen LogP contribution in [-0.4, -0.2) is 38.9 Å². The molecule has 0 unspecified atom stereocenters. The summed E-state index contributed by atoms with van der Waals surface area (Å²) in [4.78, 5) is 26.9. The standard InChI is InChI=1S/C22H18N4O3/c27-19-12-21(29-20-9-5-4-8-17(19)20)22(28)25-11-10-16(13-25)26-14-18(23-24-26)15-6-2-1-3-7-15/h1-9,12,14,16H,10-11,13H2/t16-/m0/s1. The summed E-state index contributed by atoms with van der Waals surface area (Å²) < 4.78 is 7.51. The number of rotatable bonds is 3. The molecule has 1 aliphatic rings. The second-order valence-corrected chi connectivity index (χ2v) is 7.11. The van der Waals surface area contributed by atoms with Crippen molar-refractivity contribution in [3.05, 3.63) is 82.8 Å². The number of hydrogen-bond acceptors (Lipinski definition) is 5. The average molecular weight is 386 g/mol. The predicted octanol–water partition coefficient (Wildman–Crippen LogP) is 3.14. The smallest absolute Gasteiger partial charge is 0.289 e. The van der Waals surface area contributed by atoms with Crippen LogP contribution in [0.3, 0.4) is 0 Å².